The zero-order chi connectivity index (χ0) is 19.1. The lowest BCUT2D eigenvalue weighted by Gasteiger charge is -2.32. The summed E-state index contributed by atoms with van der Waals surface area (Å²) in [5.41, 5.74) is 1.80. The smallest absolute Gasteiger partial charge is 0.223 e. The highest BCUT2D eigenvalue weighted by Gasteiger charge is 2.42. The zero-order valence-corrected chi connectivity index (χ0v) is 16.5. The molecule has 5 rings (SSSR count). The van der Waals surface area contributed by atoms with Crippen LogP contribution in [0.3, 0.4) is 0 Å². The molecule has 2 atom stereocenters. The number of aliphatic hydroxyl groups excluding tert-OH is 1. The van der Waals surface area contributed by atoms with Crippen LogP contribution in [-0.4, -0.2) is 63.1 Å². The minimum Gasteiger partial charge on any atom is -0.389 e. The van der Waals surface area contributed by atoms with Crippen molar-refractivity contribution >= 4 is 17.5 Å². The summed E-state index contributed by atoms with van der Waals surface area (Å²) in [5.74, 6) is 1.63. The van der Waals surface area contributed by atoms with E-state index in [4.69, 9.17) is 21.3 Å². The predicted octanol–water partition coefficient (Wildman–Crippen LogP) is 1.58. The molecule has 3 aliphatic rings. The standard InChI is InChI=1S/C19H25ClN6O2/c20-12-9-23-18(24-13-1-8-28-11-15(13)27)25-16(12)14-10-22-17-19(4-7-26(14)17)2-5-21-6-3-19/h9-10,13,15,21,27H,1-8,11H2,(H,23,24,25)/t13-,15-/m1/s1. The van der Waals surface area contributed by atoms with Gasteiger partial charge < -0.3 is 25.0 Å². The van der Waals surface area contributed by atoms with Gasteiger partial charge in [0.25, 0.3) is 0 Å². The Morgan fingerprint density at radius 1 is 1.25 bits per heavy atom. The summed E-state index contributed by atoms with van der Waals surface area (Å²) in [4.78, 5) is 13.8. The molecule has 1 spiro atoms. The van der Waals surface area contributed by atoms with E-state index < -0.39 is 6.10 Å². The number of hydrogen-bond donors (Lipinski definition) is 3. The minimum atomic E-state index is -0.574. The third-order valence-corrected chi connectivity index (χ3v) is 6.61. The number of rotatable bonds is 3. The zero-order valence-electron chi connectivity index (χ0n) is 15.7. The number of piperidine rings is 1. The molecule has 0 aromatic carbocycles. The van der Waals surface area contributed by atoms with Gasteiger partial charge >= 0.3 is 0 Å². The highest BCUT2D eigenvalue weighted by molar-refractivity contribution is 6.32. The molecule has 2 aromatic rings. The van der Waals surface area contributed by atoms with Gasteiger partial charge in [-0.1, -0.05) is 11.6 Å². The summed E-state index contributed by atoms with van der Waals surface area (Å²) in [6, 6.07) is -0.128. The van der Waals surface area contributed by atoms with Crippen LogP contribution in [0.25, 0.3) is 11.4 Å². The second kappa shape index (κ2) is 7.26. The number of anilines is 1. The number of halogens is 1. The van der Waals surface area contributed by atoms with E-state index in [2.05, 4.69) is 25.2 Å². The Hall–Kier alpha value is -1.74. The molecule has 2 saturated heterocycles. The van der Waals surface area contributed by atoms with E-state index in [1.165, 1.54) is 0 Å². The van der Waals surface area contributed by atoms with Crippen LogP contribution >= 0.6 is 11.6 Å². The summed E-state index contributed by atoms with van der Waals surface area (Å²) in [6.45, 7) is 3.95. The second-order valence-corrected chi connectivity index (χ2v) is 8.38. The van der Waals surface area contributed by atoms with Gasteiger partial charge in [-0.05, 0) is 38.8 Å². The molecular weight excluding hydrogens is 380 g/mol. The van der Waals surface area contributed by atoms with E-state index in [1.54, 1.807) is 6.20 Å². The quantitative estimate of drug-likeness (QED) is 0.714. The van der Waals surface area contributed by atoms with E-state index in [-0.39, 0.29) is 11.5 Å². The number of imidazole rings is 1. The molecular formula is C19H25ClN6O2. The van der Waals surface area contributed by atoms with Crippen molar-refractivity contribution in [3.63, 3.8) is 0 Å². The van der Waals surface area contributed by atoms with Crippen molar-refractivity contribution in [2.24, 2.45) is 0 Å². The lowest BCUT2D eigenvalue weighted by atomic mass is 9.77. The fraction of sp³-hybridized carbons (Fsp3) is 0.632. The Balaban J connectivity index is 1.45. The van der Waals surface area contributed by atoms with Gasteiger partial charge in [0.05, 0.1) is 41.9 Å². The van der Waals surface area contributed by atoms with Gasteiger partial charge in [0.2, 0.25) is 5.95 Å². The highest BCUT2D eigenvalue weighted by Crippen LogP contribution is 2.43. The van der Waals surface area contributed by atoms with Crippen molar-refractivity contribution in [2.75, 3.05) is 31.6 Å². The monoisotopic (exact) mass is 404 g/mol. The van der Waals surface area contributed by atoms with Crippen LogP contribution in [0.1, 0.15) is 31.5 Å². The van der Waals surface area contributed by atoms with Crippen LogP contribution < -0.4 is 10.6 Å². The molecule has 0 aliphatic carbocycles. The van der Waals surface area contributed by atoms with Crippen LogP contribution in [0.5, 0.6) is 0 Å². The normalized spacial score (nSPS) is 26.4. The van der Waals surface area contributed by atoms with Crippen molar-refractivity contribution in [1.82, 2.24) is 24.8 Å². The molecule has 3 aliphatic heterocycles. The number of ether oxygens (including phenoxy) is 1. The van der Waals surface area contributed by atoms with Crippen LogP contribution in [0, 0.1) is 0 Å². The molecule has 5 heterocycles. The number of nitrogens with one attached hydrogen (secondary N) is 2. The van der Waals surface area contributed by atoms with E-state index >= 15 is 0 Å². The largest absolute Gasteiger partial charge is 0.389 e. The third-order valence-electron chi connectivity index (χ3n) is 6.33. The lowest BCUT2D eigenvalue weighted by Crippen LogP contribution is -2.42. The van der Waals surface area contributed by atoms with Crippen molar-refractivity contribution in [2.45, 2.75) is 49.8 Å². The Morgan fingerprint density at radius 3 is 2.93 bits per heavy atom. The molecule has 2 aromatic heterocycles. The topological polar surface area (TPSA) is 97.1 Å². The SMILES string of the molecule is O[C@@H]1COCC[C@H]1Nc1ncc(Cl)c(-c2cnc3n2CCC32CCNCC2)n1. The number of fused-ring (bicyclic) bond motifs is 2. The van der Waals surface area contributed by atoms with Gasteiger partial charge in [-0.3, -0.25) is 0 Å². The Labute approximate surface area is 168 Å². The average molecular weight is 405 g/mol. The van der Waals surface area contributed by atoms with Gasteiger partial charge in [0.15, 0.2) is 0 Å². The molecule has 0 saturated carbocycles. The van der Waals surface area contributed by atoms with Crippen molar-refractivity contribution < 1.29 is 9.84 Å². The maximum Gasteiger partial charge on any atom is 0.223 e. The van der Waals surface area contributed by atoms with E-state index in [9.17, 15) is 5.11 Å². The maximum atomic E-state index is 10.1. The first kappa shape index (κ1) is 18.3. The van der Waals surface area contributed by atoms with Gasteiger partial charge in [-0.2, -0.15) is 0 Å². The lowest BCUT2D eigenvalue weighted by molar-refractivity contribution is -0.0136. The average Bonchev–Trinajstić information content (AvgIpc) is 3.28. The fourth-order valence-corrected chi connectivity index (χ4v) is 4.89. The Bertz CT molecular complexity index is 866. The molecule has 28 heavy (non-hydrogen) atoms. The van der Waals surface area contributed by atoms with Crippen LogP contribution in [0.4, 0.5) is 5.95 Å². The Morgan fingerprint density at radius 2 is 2.11 bits per heavy atom. The van der Waals surface area contributed by atoms with E-state index in [1.807, 2.05) is 6.20 Å². The summed E-state index contributed by atoms with van der Waals surface area (Å²) in [7, 11) is 0. The molecule has 0 amide bonds. The second-order valence-electron chi connectivity index (χ2n) is 7.97. The first-order valence-corrected chi connectivity index (χ1v) is 10.4. The summed E-state index contributed by atoms with van der Waals surface area (Å²) in [5, 5.41) is 17.3. The van der Waals surface area contributed by atoms with Gasteiger partial charge in [0.1, 0.15) is 11.5 Å². The molecule has 9 heteroatoms. The molecule has 150 valence electrons. The summed E-state index contributed by atoms with van der Waals surface area (Å²) in [6.07, 6.45) is 7.00. The van der Waals surface area contributed by atoms with Crippen LogP contribution in [0.2, 0.25) is 5.02 Å². The first-order chi connectivity index (χ1) is 13.7. The minimum absolute atomic E-state index is 0.128. The van der Waals surface area contributed by atoms with Crippen molar-refractivity contribution in [3.8, 4) is 11.4 Å². The van der Waals surface area contributed by atoms with Gasteiger partial charge in [-0.25, -0.2) is 15.0 Å². The van der Waals surface area contributed by atoms with Crippen molar-refractivity contribution in [3.05, 3.63) is 23.2 Å². The van der Waals surface area contributed by atoms with E-state index in [0.29, 0.717) is 36.3 Å². The number of aliphatic hydroxyl groups is 1. The number of hydrogen-bond acceptors (Lipinski definition) is 7. The summed E-state index contributed by atoms with van der Waals surface area (Å²) >= 11 is 6.46. The number of nitrogens with zero attached hydrogens (tertiary/aromatic N) is 4. The van der Waals surface area contributed by atoms with Gasteiger partial charge in [0, 0.05) is 18.6 Å². The molecule has 0 unspecified atom stereocenters. The number of aromatic nitrogens is 4. The van der Waals surface area contributed by atoms with E-state index in [0.717, 1.165) is 50.4 Å². The molecule has 2 fully saturated rings. The molecule has 3 N–H and O–H groups in total. The molecule has 0 bridgehead atoms. The fourth-order valence-electron chi connectivity index (χ4n) is 4.70. The first-order valence-electron chi connectivity index (χ1n) is 9.98. The molecule has 0 radical (unpaired) electrons. The maximum absolute atomic E-state index is 10.1. The van der Waals surface area contributed by atoms with Crippen molar-refractivity contribution in [1.29, 1.82) is 0 Å². The van der Waals surface area contributed by atoms with Crippen LogP contribution in [0.15, 0.2) is 12.4 Å². The Kier molecular flexibility index (Phi) is 4.74. The van der Waals surface area contributed by atoms with Crippen LogP contribution in [-0.2, 0) is 16.7 Å². The third kappa shape index (κ3) is 3.08. The summed E-state index contributed by atoms with van der Waals surface area (Å²) < 4.78 is 7.56. The van der Waals surface area contributed by atoms with Gasteiger partial charge in [-0.15, -0.1) is 0 Å². The molecule has 8 nitrogen and oxygen atoms in total. The predicted molar refractivity (Wildman–Crippen MR) is 106 cm³/mol. The highest BCUT2D eigenvalue weighted by atomic mass is 35.5.